The van der Waals surface area contributed by atoms with Crippen molar-refractivity contribution in [2.45, 2.75) is 87.6 Å². The fourth-order valence-electron chi connectivity index (χ4n) is 6.00. The predicted molar refractivity (Wildman–Crippen MR) is 160 cm³/mol. The summed E-state index contributed by atoms with van der Waals surface area (Å²) in [7, 11) is 0. The van der Waals surface area contributed by atoms with Crippen LogP contribution in [0.1, 0.15) is 78.2 Å². The van der Waals surface area contributed by atoms with E-state index in [1.807, 2.05) is 36.4 Å². The number of fused-ring (bicyclic) bond motifs is 1. The summed E-state index contributed by atoms with van der Waals surface area (Å²) in [6.07, 6.45) is -1.80. The number of hydrogen-bond acceptors (Lipinski definition) is 3. The summed E-state index contributed by atoms with van der Waals surface area (Å²) >= 11 is 1.25. The van der Waals surface area contributed by atoms with E-state index < -0.39 is 30.9 Å². The molecule has 240 valence electrons. The molecule has 0 saturated heterocycles. The highest BCUT2D eigenvalue weighted by Gasteiger charge is 2.72. The molecule has 2 unspecified atom stereocenters. The van der Waals surface area contributed by atoms with E-state index in [0.29, 0.717) is 24.0 Å². The molecule has 10 heteroatoms. The van der Waals surface area contributed by atoms with Crippen molar-refractivity contribution in [2.24, 2.45) is 0 Å². The molecule has 0 saturated carbocycles. The first-order chi connectivity index (χ1) is 20.8. The summed E-state index contributed by atoms with van der Waals surface area (Å²) in [4.78, 5) is 0. The van der Waals surface area contributed by atoms with Gasteiger partial charge in [-0.1, -0.05) is 48.9 Å². The lowest BCUT2D eigenvalue weighted by molar-refractivity contribution is -0.355. The van der Waals surface area contributed by atoms with Crippen LogP contribution in [0.2, 0.25) is 0 Å². The van der Waals surface area contributed by atoms with Gasteiger partial charge in [0.05, 0.1) is 0 Å². The molecule has 4 rings (SSSR count). The van der Waals surface area contributed by atoms with Crippen LogP contribution in [0, 0.1) is 0 Å². The monoisotopic (exact) mass is 642 g/mol. The summed E-state index contributed by atoms with van der Waals surface area (Å²) < 4.78 is 89.4. The average molecular weight is 643 g/mol. The minimum atomic E-state index is -6.28. The Morgan fingerprint density at radius 3 is 2.00 bits per heavy atom. The molecule has 1 aliphatic carbocycles. The third kappa shape index (κ3) is 8.43. The van der Waals surface area contributed by atoms with Gasteiger partial charge in [-0.05, 0) is 120 Å². The van der Waals surface area contributed by atoms with Gasteiger partial charge < -0.3 is 10.2 Å². The SMILES string of the molecule is Oc1ccc(C2CCc3cc(O)ccc3C2CCCCc2ccc(CCSCCCC(F)(F)C(F)(F)C(F)(F)F)cc2)cc1. The van der Waals surface area contributed by atoms with Gasteiger partial charge in [-0.15, -0.1) is 0 Å². The van der Waals surface area contributed by atoms with E-state index in [4.69, 9.17) is 0 Å². The highest BCUT2D eigenvalue weighted by Crippen LogP contribution is 2.49. The van der Waals surface area contributed by atoms with E-state index in [1.54, 1.807) is 18.2 Å². The van der Waals surface area contributed by atoms with Crippen LogP contribution < -0.4 is 0 Å². The van der Waals surface area contributed by atoms with E-state index in [-0.39, 0.29) is 17.3 Å². The highest BCUT2D eigenvalue weighted by atomic mass is 32.2. The maximum atomic E-state index is 13.4. The summed E-state index contributed by atoms with van der Waals surface area (Å²) in [6, 6.07) is 21.2. The van der Waals surface area contributed by atoms with Gasteiger partial charge in [0.2, 0.25) is 0 Å². The van der Waals surface area contributed by atoms with Crippen molar-refractivity contribution in [2.75, 3.05) is 11.5 Å². The zero-order valence-corrected chi connectivity index (χ0v) is 25.0. The summed E-state index contributed by atoms with van der Waals surface area (Å²) in [5, 5.41) is 19.7. The van der Waals surface area contributed by atoms with Crippen molar-refractivity contribution in [1.29, 1.82) is 0 Å². The van der Waals surface area contributed by atoms with Crippen LogP contribution in [0.25, 0.3) is 0 Å². The van der Waals surface area contributed by atoms with Gasteiger partial charge in [-0.2, -0.15) is 42.5 Å². The number of alkyl halides is 7. The smallest absolute Gasteiger partial charge is 0.459 e. The van der Waals surface area contributed by atoms with E-state index in [0.717, 1.165) is 44.1 Å². The van der Waals surface area contributed by atoms with Crippen LogP contribution in [0.4, 0.5) is 30.7 Å². The van der Waals surface area contributed by atoms with Gasteiger partial charge in [0.1, 0.15) is 11.5 Å². The minimum Gasteiger partial charge on any atom is -0.508 e. The van der Waals surface area contributed by atoms with Gasteiger partial charge in [-0.25, -0.2) is 0 Å². The van der Waals surface area contributed by atoms with Crippen molar-refractivity contribution in [1.82, 2.24) is 0 Å². The van der Waals surface area contributed by atoms with Crippen molar-refractivity contribution < 1.29 is 40.9 Å². The molecule has 0 radical (unpaired) electrons. The molecule has 0 fully saturated rings. The Labute approximate surface area is 257 Å². The zero-order valence-electron chi connectivity index (χ0n) is 24.2. The van der Waals surface area contributed by atoms with Gasteiger partial charge in [-0.3, -0.25) is 0 Å². The molecule has 3 aromatic rings. The third-order valence-electron chi connectivity index (χ3n) is 8.44. The first-order valence-corrected chi connectivity index (χ1v) is 16.0. The van der Waals surface area contributed by atoms with Crippen molar-refractivity contribution >= 4 is 11.8 Å². The topological polar surface area (TPSA) is 40.5 Å². The van der Waals surface area contributed by atoms with Crippen LogP contribution in [0.5, 0.6) is 11.5 Å². The average Bonchev–Trinajstić information content (AvgIpc) is 2.97. The van der Waals surface area contributed by atoms with Crippen LogP contribution in [-0.2, 0) is 19.3 Å². The van der Waals surface area contributed by atoms with Crippen LogP contribution in [0.15, 0.2) is 66.7 Å². The fraction of sp³-hybridized carbons (Fsp3) is 0.471. The number of aromatic hydroxyl groups is 2. The highest BCUT2D eigenvalue weighted by molar-refractivity contribution is 7.99. The van der Waals surface area contributed by atoms with Gasteiger partial charge in [0, 0.05) is 6.42 Å². The standard InChI is InChI=1S/C34H37F7O2S/c35-32(36,33(37,38)34(39,40)41)19-3-20-44-21-18-24-8-6-23(7-9-24)4-1-2-5-31-29(25-10-13-27(42)14-11-25)16-12-26-22-28(43)15-17-30(26)31/h6-11,13-15,17,22,29,31,42-43H,1-5,12,16,18-21H2. The molecule has 0 aromatic heterocycles. The molecular formula is C34H37F7O2S. The predicted octanol–water partition coefficient (Wildman–Crippen LogP) is 10.2. The fourth-order valence-corrected chi connectivity index (χ4v) is 6.93. The molecule has 1 aliphatic rings. The first-order valence-electron chi connectivity index (χ1n) is 14.9. The number of phenolic OH excluding ortho intramolecular Hbond substituents is 2. The molecule has 0 bridgehead atoms. The second-order valence-electron chi connectivity index (χ2n) is 11.5. The largest absolute Gasteiger partial charge is 0.508 e. The molecule has 0 aliphatic heterocycles. The van der Waals surface area contributed by atoms with Crippen LogP contribution >= 0.6 is 11.8 Å². The Balaban J connectivity index is 1.21. The van der Waals surface area contributed by atoms with Gasteiger partial charge >= 0.3 is 18.0 Å². The number of hydrogen-bond donors (Lipinski definition) is 2. The van der Waals surface area contributed by atoms with Crippen LogP contribution in [0.3, 0.4) is 0 Å². The Hall–Kier alpha value is -2.88. The summed E-state index contributed by atoms with van der Waals surface area (Å²) in [6.45, 7) is 0. The number of thioether (sulfide) groups is 1. The van der Waals surface area contributed by atoms with E-state index in [2.05, 4.69) is 12.1 Å². The number of unbranched alkanes of at least 4 members (excludes halogenated alkanes) is 1. The molecule has 2 N–H and O–H groups in total. The number of halogens is 7. The quantitative estimate of drug-likeness (QED) is 0.136. The maximum Gasteiger partial charge on any atom is 0.459 e. The van der Waals surface area contributed by atoms with Crippen molar-refractivity contribution in [3.63, 3.8) is 0 Å². The molecule has 0 amide bonds. The van der Waals surface area contributed by atoms with Crippen molar-refractivity contribution in [3.8, 4) is 11.5 Å². The molecule has 3 aromatic carbocycles. The minimum absolute atomic E-state index is 0.0713. The summed E-state index contributed by atoms with van der Waals surface area (Å²) in [5.74, 6) is -9.36. The third-order valence-corrected chi connectivity index (χ3v) is 9.51. The maximum absolute atomic E-state index is 13.4. The van der Waals surface area contributed by atoms with E-state index >= 15 is 0 Å². The Kier molecular flexibility index (Phi) is 11.2. The van der Waals surface area contributed by atoms with Gasteiger partial charge in [0.15, 0.2) is 0 Å². The van der Waals surface area contributed by atoms with E-state index in [9.17, 15) is 40.9 Å². The second kappa shape index (κ2) is 14.5. The second-order valence-corrected chi connectivity index (χ2v) is 12.8. The molecular weight excluding hydrogens is 605 g/mol. The number of phenols is 2. The molecule has 2 nitrogen and oxygen atoms in total. The number of benzene rings is 3. The Morgan fingerprint density at radius 1 is 0.705 bits per heavy atom. The van der Waals surface area contributed by atoms with Crippen molar-refractivity contribution in [3.05, 3.63) is 94.5 Å². The lowest BCUT2D eigenvalue weighted by Gasteiger charge is -2.34. The molecule has 2 atom stereocenters. The zero-order chi connectivity index (χ0) is 32.0. The molecule has 0 spiro atoms. The van der Waals surface area contributed by atoms with Crippen LogP contribution in [-0.4, -0.2) is 39.7 Å². The Bertz CT molecular complexity index is 1340. The lowest BCUT2D eigenvalue weighted by atomic mass is 9.70. The first kappa shape index (κ1) is 34.0. The number of aryl methyl sites for hydroxylation is 3. The Morgan fingerprint density at radius 2 is 1.34 bits per heavy atom. The number of rotatable bonds is 14. The normalized spacial score (nSPS) is 17.4. The van der Waals surface area contributed by atoms with E-state index in [1.165, 1.54) is 34.0 Å². The lowest BCUT2D eigenvalue weighted by Crippen LogP contribution is -2.51. The molecule has 44 heavy (non-hydrogen) atoms. The summed E-state index contributed by atoms with van der Waals surface area (Å²) in [5.41, 5.74) is 5.91. The van der Waals surface area contributed by atoms with Gasteiger partial charge in [0.25, 0.3) is 0 Å². The molecule has 0 heterocycles.